The van der Waals surface area contributed by atoms with Crippen molar-refractivity contribution in [2.75, 3.05) is 27.3 Å². The van der Waals surface area contributed by atoms with Gasteiger partial charge in [0.05, 0.1) is 25.5 Å². The average molecular weight is 397 g/mol. The summed E-state index contributed by atoms with van der Waals surface area (Å²) in [7, 11) is 3.14. The fourth-order valence-corrected chi connectivity index (χ4v) is 4.28. The lowest BCUT2D eigenvalue weighted by Crippen LogP contribution is -2.40. The zero-order valence-corrected chi connectivity index (χ0v) is 17.0. The third-order valence-electron chi connectivity index (χ3n) is 6.00. The van der Waals surface area contributed by atoms with Crippen LogP contribution in [0.5, 0.6) is 11.5 Å². The molecule has 1 aromatic heterocycles. The number of methoxy groups -OCH3 is 2. The molecule has 1 amide bonds. The van der Waals surface area contributed by atoms with Crippen LogP contribution >= 0.6 is 0 Å². The van der Waals surface area contributed by atoms with Gasteiger partial charge in [-0.3, -0.25) is 9.59 Å². The molecule has 2 heterocycles. The Morgan fingerprint density at radius 3 is 2.66 bits per heavy atom. The quantitative estimate of drug-likeness (QED) is 0.774. The molecule has 4 rings (SSSR count). The Balaban J connectivity index is 1.40. The van der Waals surface area contributed by atoms with E-state index in [1.807, 2.05) is 4.90 Å². The molecule has 7 nitrogen and oxygen atoms in total. The topological polar surface area (TPSA) is 73.7 Å². The summed E-state index contributed by atoms with van der Waals surface area (Å²) in [5, 5.41) is 4.58. The molecule has 0 atom stereocenters. The Bertz CT molecular complexity index is 961. The molecule has 1 saturated heterocycles. The Labute approximate surface area is 170 Å². The van der Waals surface area contributed by atoms with Crippen LogP contribution in [0.4, 0.5) is 0 Å². The molecule has 29 heavy (non-hydrogen) atoms. The SMILES string of the molecule is COc1ccc(C(=O)N2CCC(Cn3nc4c(cc3=O)CCC4)CC2)c(OC)c1. The van der Waals surface area contributed by atoms with Gasteiger partial charge < -0.3 is 14.4 Å². The summed E-state index contributed by atoms with van der Waals surface area (Å²) < 4.78 is 12.2. The molecule has 1 aliphatic carbocycles. The van der Waals surface area contributed by atoms with Crippen molar-refractivity contribution < 1.29 is 14.3 Å². The summed E-state index contributed by atoms with van der Waals surface area (Å²) in [6.45, 7) is 1.96. The van der Waals surface area contributed by atoms with Crippen molar-refractivity contribution in [2.45, 2.75) is 38.6 Å². The van der Waals surface area contributed by atoms with Gasteiger partial charge in [-0.2, -0.15) is 5.10 Å². The fourth-order valence-electron chi connectivity index (χ4n) is 4.28. The van der Waals surface area contributed by atoms with Gasteiger partial charge in [0.15, 0.2) is 0 Å². The molecule has 1 aromatic carbocycles. The van der Waals surface area contributed by atoms with E-state index in [1.54, 1.807) is 43.2 Å². The molecule has 0 spiro atoms. The van der Waals surface area contributed by atoms with E-state index in [1.165, 1.54) is 0 Å². The third kappa shape index (κ3) is 3.99. The summed E-state index contributed by atoms with van der Waals surface area (Å²) in [4.78, 5) is 27.2. The number of nitrogens with zero attached hydrogens (tertiary/aromatic N) is 3. The van der Waals surface area contributed by atoms with Gasteiger partial charge in [0, 0.05) is 31.8 Å². The second kappa shape index (κ2) is 8.27. The Morgan fingerprint density at radius 2 is 1.93 bits per heavy atom. The number of benzene rings is 1. The van der Waals surface area contributed by atoms with Crippen molar-refractivity contribution in [2.24, 2.45) is 5.92 Å². The molecule has 2 aliphatic rings. The number of rotatable bonds is 5. The van der Waals surface area contributed by atoms with Crippen LogP contribution in [0.1, 0.15) is 40.9 Å². The maximum absolute atomic E-state index is 13.0. The summed E-state index contributed by atoms with van der Waals surface area (Å²) >= 11 is 0. The van der Waals surface area contributed by atoms with Crippen molar-refractivity contribution in [3.05, 3.63) is 51.4 Å². The van der Waals surface area contributed by atoms with Crippen molar-refractivity contribution in [3.8, 4) is 11.5 Å². The lowest BCUT2D eigenvalue weighted by atomic mass is 9.96. The largest absolute Gasteiger partial charge is 0.497 e. The molecule has 1 fully saturated rings. The molecule has 0 radical (unpaired) electrons. The molecular formula is C22H27N3O4. The van der Waals surface area contributed by atoms with Gasteiger partial charge in [0.1, 0.15) is 11.5 Å². The van der Waals surface area contributed by atoms with E-state index >= 15 is 0 Å². The predicted molar refractivity (Wildman–Crippen MR) is 109 cm³/mol. The number of hydrogen-bond donors (Lipinski definition) is 0. The van der Waals surface area contributed by atoms with Crippen molar-refractivity contribution >= 4 is 5.91 Å². The van der Waals surface area contributed by atoms with Crippen LogP contribution in [0, 0.1) is 5.92 Å². The van der Waals surface area contributed by atoms with Crippen molar-refractivity contribution in [3.63, 3.8) is 0 Å². The minimum atomic E-state index is -0.0317. The van der Waals surface area contributed by atoms with Crippen LogP contribution in [-0.2, 0) is 19.4 Å². The highest BCUT2D eigenvalue weighted by molar-refractivity contribution is 5.97. The number of aromatic nitrogens is 2. The molecule has 1 aliphatic heterocycles. The molecule has 0 unspecified atom stereocenters. The number of carbonyl (C=O) groups is 1. The van der Waals surface area contributed by atoms with Gasteiger partial charge in [0.25, 0.3) is 11.5 Å². The highest BCUT2D eigenvalue weighted by Gasteiger charge is 2.26. The number of likely N-dealkylation sites (tertiary alicyclic amines) is 1. The lowest BCUT2D eigenvalue weighted by molar-refractivity contribution is 0.0677. The van der Waals surface area contributed by atoms with Crippen molar-refractivity contribution in [1.82, 2.24) is 14.7 Å². The third-order valence-corrected chi connectivity index (χ3v) is 6.00. The van der Waals surface area contributed by atoms with Gasteiger partial charge in [-0.25, -0.2) is 4.68 Å². The van der Waals surface area contributed by atoms with E-state index in [-0.39, 0.29) is 11.5 Å². The monoisotopic (exact) mass is 397 g/mol. The van der Waals surface area contributed by atoms with Crippen LogP contribution in [0.3, 0.4) is 0 Å². The van der Waals surface area contributed by atoms with Gasteiger partial charge in [-0.1, -0.05) is 0 Å². The zero-order valence-electron chi connectivity index (χ0n) is 17.0. The summed E-state index contributed by atoms with van der Waals surface area (Å²) in [5.41, 5.74) is 2.72. The highest BCUT2D eigenvalue weighted by atomic mass is 16.5. The van der Waals surface area contributed by atoms with Crippen LogP contribution in [0.25, 0.3) is 0 Å². The molecular weight excluding hydrogens is 370 g/mol. The summed E-state index contributed by atoms with van der Waals surface area (Å²) in [6, 6.07) is 7.00. The van der Waals surface area contributed by atoms with Gasteiger partial charge in [-0.05, 0) is 55.7 Å². The number of piperidine rings is 1. The predicted octanol–water partition coefficient (Wildman–Crippen LogP) is 2.30. The summed E-state index contributed by atoms with van der Waals surface area (Å²) in [6.07, 6.45) is 4.73. The Morgan fingerprint density at radius 1 is 1.14 bits per heavy atom. The molecule has 2 aromatic rings. The standard InChI is InChI=1S/C22H27N3O4/c1-28-17-6-7-18(20(13-17)29-2)22(27)24-10-8-15(9-11-24)14-25-21(26)12-16-4-3-5-19(16)23-25/h6-7,12-13,15H,3-5,8-11,14H2,1-2H3. The minimum absolute atomic E-state index is 0.00729. The number of hydrogen-bond acceptors (Lipinski definition) is 5. The molecule has 0 saturated carbocycles. The molecule has 0 N–H and O–H groups in total. The van der Waals surface area contributed by atoms with Gasteiger partial charge in [0.2, 0.25) is 0 Å². The minimum Gasteiger partial charge on any atom is -0.497 e. The first kappa shape index (κ1) is 19.5. The molecule has 0 bridgehead atoms. The first-order valence-electron chi connectivity index (χ1n) is 10.2. The van der Waals surface area contributed by atoms with E-state index in [4.69, 9.17) is 9.47 Å². The number of fused-ring (bicyclic) bond motifs is 1. The Hall–Kier alpha value is -2.83. The fraction of sp³-hybridized carbons (Fsp3) is 0.500. The zero-order chi connectivity index (χ0) is 20.4. The first-order chi connectivity index (χ1) is 14.1. The van der Waals surface area contributed by atoms with Gasteiger partial charge >= 0.3 is 0 Å². The average Bonchev–Trinajstić information content (AvgIpc) is 3.20. The number of aryl methyl sites for hydroxylation is 2. The number of ether oxygens (including phenoxy) is 2. The van der Waals surface area contributed by atoms with Crippen LogP contribution in [0.15, 0.2) is 29.1 Å². The smallest absolute Gasteiger partial charge is 0.267 e. The van der Waals surface area contributed by atoms with E-state index in [9.17, 15) is 9.59 Å². The molecule has 7 heteroatoms. The normalized spacial score (nSPS) is 16.6. The second-order valence-corrected chi connectivity index (χ2v) is 7.79. The number of amides is 1. The first-order valence-corrected chi connectivity index (χ1v) is 10.2. The van der Waals surface area contributed by atoms with E-state index < -0.39 is 0 Å². The van der Waals surface area contributed by atoms with Crippen LogP contribution in [-0.4, -0.2) is 47.9 Å². The highest BCUT2D eigenvalue weighted by Crippen LogP contribution is 2.28. The van der Waals surface area contributed by atoms with Gasteiger partial charge in [-0.15, -0.1) is 0 Å². The van der Waals surface area contributed by atoms with Crippen LogP contribution in [0.2, 0.25) is 0 Å². The number of carbonyl (C=O) groups excluding carboxylic acids is 1. The summed E-state index contributed by atoms with van der Waals surface area (Å²) in [5.74, 6) is 1.49. The maximum atomic E-state index is 13.0. The molecule has 154 valence electrons. The Kier molecular flexibility index (Phi) is 5.56. The van der Waals surface area contributed by atoms with E-state index in [0.29, 0.717) is 42.6 Å². The maximum Gasteiger partial charge on any atom is 0.267 e. The van der Waals surface area contributed by atoms with E-state index in [0.717, 1.165) is 43.4 Å². The van der Waals surface area contributed by atoms with Crippen LogP contribution < -0.4 is 15.0 Å². The van der Waals surface area contributed by atoms with E-state index in [2.05, 4.69) is 5.10 Å². The second-order valence-electron chi connectivity index (χ2n) is 7.79. The van der Waals surface area contributed by atoms with Crippen molar-refractivity contribution in [1.29, 1.82) is 0 Å². The lowest BCUT2D eigenvalue weighted by Gasteiger charge is -2.32.